The van der Waals surface area contributed by atoms with Crippen LogP contribution in [0.15, 0.2) is 63.6 Å². The Kier molecular flexibility index (Phi) is 6.81. The van der Waals surface area contributed by atoms with E-state index in [0.29, 0.717) is 26.2 Å². The summed E-state index contributed by atoms with van der Waals surface area (Å²) in [6, 6.07) is 13.8. The molecule has 0 bridgehead atoms. The summed E-state index contributed by atoms with van der Waals surface area (Å²) in [5.74, 6) is 2.11. The Bertz CT molecular complexity index is 798. The number of aliphatic hydroxyl groups excluding tert-OH is 1. The Labute approximate surface area is 158 Å². The number of aliphatic hydroxyl groups is 1. The third kappa shape index (κ3) is 6.36. The largest absolute Gasteiger partial charge is 0.467 e. The Morgan fingerprint density at radius 2 is 1.89 bits per heavy atom. The van der Waals surface area contributed by atoms with E-state index < -0.39 is 6.10 Å². The fourth-order valence-corrected chi connectivity index (χ4v) is 2.86. The topological polar surface area (TPSA) is 59.0 Å². The Morgan fingerprint density at radius 3 is 2.56 bits per heavy atom. The second-order valence-corrected chi connectivity index (χ2v) is 6.56. The molecule has 0 aliphatic rings. The fraction of sp³-hybridized carbons (Fsp3) is 0.333. The monoisotopic (exact) mass is 373 g/mol. The van der Waals surface area contributed by atoms with Gasteiger partial charge in [-0.1, -0.05) is 12.1 Å². The maximum Gasteiger partial charge on any atom is 0.129 e. The number of furan rings is 2. The molecule has 0 saturated carbocycles. The molecule has 3 rings (SSSR count). The highest BCUT2D eigenvalue weighted by Gasteiger charge is 2.15. The second-order valence-electron chi connectivity index (χ2n) is 6.56. The Balaban J connectivity index is 1.56. The van der Waals surface area contributed by atoms with Crippen molar-refractivity contribution < 1.29 is 23.1 Å². The van der Waals surface area contributed by atoms with Crippen molar-refractivity contribution in [2.75, 3.05) is 13.2 Å². The van der Waals surface area contributed by atoms with E-state index in [1.807, 2.05) is 30.0 Å². The van der Waals surface area contributed by atoms with E-state index in [2.05, 4.69) is 0 Å². The summed E-state index contributed by atoms with van der Waals surface area (Å²) in [5.41, 5.74) is 0.961. The normalized spacial score (nSPS) is 12.6. The molecule has 1 atom stereocenters. The van der Waals surface area contributed by atoms with Gasteiger partial charge in [0.05, 0.1) is 25.5 Å². The molecule has 6 heteroatoms. The van der Waals surface area contributed by atoms with Crippen LogP contribution in [0.5, 0.6) is 0 Å². The highest BCUT2D eigenvalue weighted by atomic mass is 19.1. The van der Waals surface area contributed by atoms with E-state index in [1.165, 1.54) is 12.1 Å². The third-order valence-corrected chi connectivity index (χ3v) is 4.10. The molecule has 1 aromatic carbocycles. The predicted molar refractivity (Wildman–Crippen MR) is 98.3 cm³/mol. The van der Waals surface area contributed by atoms with E-state index in [-0.39, 0.29) is 12.4 Å². The van der Waals surface area contributed by atoms with Gasteiger partial charge >= 0.3 is 0 Å². The molecular formula is C21H24FNO4. The zero-order valence-corrected chi connectivity index (χ0v) is 15.3. The molecule has 0 saturated heterocycles. The lowest BCUT2D eigenvalue weighted by Gasteiger charge is -2.24. The first kappa shape index (κ1) is 19.4. The number of hydrogen-bond acceptors (Lipinski definition) is 5. The Hall–Kier alpha value is -2.41. The van der Waals surface area contributed by atoms with E-state index in [0.717, 1.165) is 22.8 Å². The summed E-state index contributed by atoms with van der Waals surface area (Å²) < 4.78 is 29.5. The molecule has 144 valence electrons. The average molecular weight is 373 g/mol. The third-order valence-electron chi connectivity index (χ3n) is 4.10. The van der Waals surface area contributed by atoms with Crippen LogP contribution in [0.25, 0.3) is 0 Å². The van der Waals surface area contributed by atoms with Crippen LogP contribution in [0.1, 0.15) is 22.8 Å². The number of ether oxygens (including phenoxy) is 1. The van der Waals surface area contributed by atoms with Gasteiger partial charge in [-0.2, -0.15) is 0 Å². The molecule has 3 aromatic rings. The van der Waals surface area contributed by atoms with Crippen LogP contribution in [-0.2, 0) is 24.4 Å². The quantitative estimate of drug-likeness (QED) is 0.584. The van der Waals surface area contributed by atoms with Crippen LogP contribution >= 0.6 is 0 Å². The number of benzene rings is 1. The van der Waals surface area contributed by atoms with Gasteiger partial charge in [0.25, 0.3) is 0 Å². The van der Waals surface area contributed by atoms with E-state index in [9.17, 15) is 9.50 Å². The zero-order chi connectivity index (χ0) is 19.1. The lowest BCUT2D eigenvalue weighted by Crippen LogP contribution is -2.34. The minimum atomic E-state index is -0.670. The summed E-state index contributed by atoms with van der Waals surface area (Å²) in [4.78, 5) is 2.05. The molecule has 0 aliphatic carbocycles. The van der Waals surface area contributed by atoms with Gasteiger partial charge in [0.1, 0.15) is 29.7 Å². The minimum Gasteiger partial charge on any atom is -0.467 e. The van der Waals surface area contributed by atoms with Gasteiger partial charge in [0, 0.05) is 13.1 Å². The van der Waals surface area contributed by atoms with Crippen molar-refractivity contribution in [1.82, 2.24) is 4.90 Å². The minimum absolute atomic E-state index is 0.192. The van der Waals surface area contributed by atoms with E-state index in [1.54, 1.807) is 24.5 Å². The predicted octanol–water partition coefficient (Wildman–Crippen LogP) is 3.90. The number of halogens is 1. The maximum absolute atomic E-state index is 13.1. The van der Waals surface area contributed by atoms with Crippen LogP contribution in [-0.4, -0.2) is 29.3 Å². The van der Waals surface area contributed by atoms with Gasteiger partial charge in [0.2, 0.25) is 0 Å². The average Bonchev–Trinajstić information content (AvgIpc) is 3.29. The van der Waals surface area contributed by atoms with Crippen LogP contribution in [0.4, 0.5) is 4.39 Å². The molecule has 0 aliphatic heterocycles. The molecule has 2 aromatic heterocycles. The van der Waals surface area contributed by atoms with E-state index in [4.69, 9.17) is 13.6 Å². The highest BCUT2D eigenvalue weighted by molar-refractivity contribution is 5.16. The van der Waals surface area contributed by atoms with Gasteiger partial charge in [-0.25, -0.2) is 4.39 Å². The lowest BCUT2D eigenvalue weighted by molar-refractivity contribution is 0.00160. The molecular weight excluding hydrogens is 349 g/mol. The number of hydrogen-bond donors (Lipinski definition) is 1. The number of nitrogens with zero attached hydrogens (tertiary/aromatic N) is 1. The van der Waals surface area contributed by atoms with Crippen molar-refractivity contribution in [1.29, 1.82) is 0 Å². The van der Waals surface area contributed by atoms with Crippen LogP contribution in [0.3, 0.4) is 0 Å². The standard InChI is InChI=1S/C21H24FNO4/c1-16-4-9-20(27-16)13-23(11-17-5-7-18(22)8-6-17)12-19(24)14-25-15-21-3-2-10-26-21/h2-10,19,24H,11-15H2,1H3/t19-/m0/s1. The van der Waals surface area contributed by atoms with Crippen molar-refractivity contribution in [2.24, 2.45) is 0 Å². The number of rotatable bonds is 10. The van der Waals surface area contributed by atoms with Crippen LogP contribution in [0, 0.1) is 12.7 Å². The molecule has 0 radical (unpaired) electrons. The van der Waals surface area contributed by atoms with Gasteiger partial charge in [0.15, 0.2) is 0 Å². The van der Waals surface area contributed by atoms with Gasteiger partial charge in [-0.3, -0.25) is 4.90 Å². The molecule has 27 heavy (non-hydrogen) atoms. The maximum atomic E-state index is 13.1. The van der Waals surface area contributed by atoms with Crippen molar-refractivity contribution in [3.63, 3.8) is 0 Å². The van der Waals surface area contributed by atoms with Crippen LogP contribution in [0.2, 0.25) is 0 Å². The van der Waals surface area contributed by atoms with Crippen LogP contribution < -0.4 is 0 Å². The first-order chi connectivity index (χ1) is 13.1. The van der Waals surface area contributed by atoms with Gasteiger partial charge < -0.3 is 18.7 Å². The molecule has 0 amide bonds. The molecule has 0 spiro atoms. The molecule has 0 unspecified atom stereocenters. The Morgan fingerprint density at radius 1 is 1.07 bits per heavy atom. The molecule has 2 heterocycles. The highest BCUT2D eigenvalue weighted by Crippen LogP contribution is 2.14. The van der Waals surface area contributed by atoms with Crippen molar-refractivity contribution in [2.45, 2.75) is 32.7 Å². The first-order valence-electron chi connectivity index (χ1n) is 8.89. The molecule has 5 nitrogen and oxygen atoms in total. The number of aryl methyl sites for hydroxylation is 1. The van der Waals surface area contributed by atoms with E-state index >= 15 is 0 Å². The summed E-state index contributed by atoms with van der Waals surface area (Å²) in [6.07, 6.45) is 0.918. The summed E-state index contributed by atoms with van der Waals surface area (Å²) in [7, 11) is 0. The SMILES string of the molecule is Cc1ccc(CN(Cc2ccc(F)cc2)C[C@H](O)COCc2ccco2)o1. The second kappa shape index (κ2) is 9.50. The molecule has 1 N–H and O–H groups in total. The smallest absolute Gasteiger partial charge is 0.129 e. The van der Waals surface area contributed by atoms with Gasteiger partial charge in [-0.15, -0.1) is 0 Å². The van der Waals surface area contributed by atoms with Crippen molar-refractivity contribution in [3.05, 3.63) is 83.5 Å². The summed E-state index contributed by atoms with van der Waals surface area (Å²) >= 11 is 0. The van der Waals surface area contributed by atoms with Gasteiger partial charge in [-0.05, 0) is 48.9 Å². The summed E-state index contributed by atoms with van der Waals surface area (Å²) in [5, 5.41) is 10.4. The lowest BCUT2D eigenvalue weighted by atomic mass is 10.2. The van der Waals surface area contributed by atoms with Crippen molar-refractivity contribution >= 4 is 0 Å². The van der Waals surface area contributed by atoms with Crippen molar-refractivity contribution in [3.8, 4) is 0 Å². The fourth-order valence-electron chi connectivity index (χ4n) is 2.86. The zero-order valence-electron chi connectivity index (χ0n) is 15.3. The first-order valence-corrected chi connectivity index (χ1v) is 8.89. The summed E-state index contributed by atoms with van der Waals surface area (Å²) in [6.45, 7) is 3.91. The molecule has 0 fully saturated rings.